The van der Waals surface area contributed by atoms with E-state index in [1.165, 1.54) is 32.2 Å². The van der Waals surface area contributed by atoms with Gasteiger partial charge in [0.15, 0.2) is 0 Å². The molecule has 0 radical (unpaired) electrons. The van der Waals surface area contributed by atoms with Crippen LogP contribution < -0.4 is 11.1 Å². The molecule has 94 valence electrons. The van der Waals surface area contributed by atoms with Crippen molar-refractivity contribution >= 4 is 0 Å². The SMILES string of the molecule is CCC(CC)(CN)NCC(C1CC1)C1CC1. The fourth-order valence-corrected chi connectivity index (χ4v) is 2.96. The molecule has 0 atom stereocenters. The summed E-state index contributed by atoms with van der Waals surface area (Å²) < 4.78 is 0. The monoisotopic (exact) mass is 224 g/mol. The fraction of sp³-hybridized carbons (Fsp3) is 1.00. The van der Waals surface area contributed by atoms with Crippen molar-refractivity contribution in [1.82, 2.24) is 5.32 Å². The van der Waals surface area contributed by atoms with Crippen molar-refractivity contribution in [2.45, 2.75) is 57.9 Å². The molecule has 0 aliphatic heterocycles. The fourth-order valence-electron chi connectivity index (χ4n) is 2.96. The van der Waals surface area contributed by atoms with Crippen LogP contribution in [0.15, 0.2) is 0 Å². The molecule has 0 saturated heterocycles. The largest absolute Gasteiger partial charge is 0.329 e. The Kier molecular flexibility index (Phi) is 3.91. The van der Waals surface area contributed by atoms with Crippen LogP contribution in [0.4, 0.5) is 0 Å². The normalized spacial score (nSPS) is 21.8. The van der Waals surface area contributed by atoms with Crippen molar-refractivity contribution in [3.05, 3.63) is 0 Å². The van der Waals surface area contributed by atoms with E-state index in [1.54, 1.807) is 0 Å². The van der Waals surface area contributed by atoms with E-state index in [2.05, 4.69) is 19.2 Å². The number of hydrogen-bond acceptors (Lipinski definition) is 2. The van der Waals surface area contributed by atoms with Crippen molar-refractivity contribution in [3.63, 3.8) is 0 Å². The summed E-state index contributed by atoms with van der Waals surface area (Å²) in [5, 5.41) is 3.80. The molecule has 16 heavy (non-hydrogen) atoms. The number of rotatable bonds is 8. The molecule has 0 bridgehead atoms. The molecule has 2 nitrogen and oxygen atoms in total. The summed E-state index contributed by atoms with van der Waals surface area (Å²) in [7, 11) is 0. The van der Waals surface area contributed by atoms with Gasteiger partial charge in [0.25, 0.3) is 0 Å². The van der Waals surface area contributed by atoms with Crippen molar-refractivity contribution < 1.29 is 0 Å². The van der Waals surface area contributed by atoms with Gasteiger partial charge in [0.1, 0.15) is 0 Å². The molecule has 0 aromatic heterocycles. The van der Waals surface area contributed by atoms with Gasteiger partial charge in [-0.3, -0.25) is 0 Å². The van der Waals surface area contributed by atoms with E-state index in [4.69, 9.17) is 5.73 Å². The summed E-state index contributed by atoms with van der Waals surface area (Å²) in [5.74, 6) is 3.05. The second-order valence-electron chi connectivity index (χ2n) is 5.91. The molecule has 3 N–H and O–H groups in total. The molecule has 0 spiro atoms. The van der Waals surface area contributed by atoms with Crippen LogP contribution in [0.25, 0.3) is 0 Å². The maximum Gasteiger partial charge on any atom is 0.0298 e. The summed E-state index contributed by atoms with van der Waals surface area (Å²) >= 11 is 0. The lowest BCUT2D eigenvalue weighted by Crippen LogP contribution is -2.52. The van der Waals surface area contributed by atoms with E-state index in [9.17, 15) is 0 Å². The number of nitrogens with two attached hydrogens (primary N) is 1. The Labute approximate surface area is 100 Å². The minimum Gasteiger partial charge on any atom is -0.329 e. The van der Waals surface area contributed by atoms with Crippen LogP contribution >= 0.6 is 0 Å². The first-order valence-electron chi connectivity index (χ1n) is 7.19. The summed E-state index contributed by atoms with van der Waals surface area (Å²) in [6.45, 7) is 6.51. The van der Waals surface area contributed by atoms with Gasteiger partial charge >= 0.3 is 0 Å². The first-order valence-corrected chi connectivity index (χ1v) is 7.19. The smallest absolute Gasteiger partial charge is 0.0298 e. The Bertz CT molecular complexity index is 195. The van der Waals surface area contributed by atoms with Crippen LogP contribution in [-0.2, 0) is 0 Å². The molecular weight excluding hydrogens is 196 g/mol. The van der Waals surface area contributed by atoms with Crippen LogP contribution in [0.5, 0.6) is 0 Å². The highest BCUT2D eigenvalue weighted by Gasteiger charge is 2.41. The van der Waals surface area contributed by atoms with Crippen molar-refractivity contribution in [2.75, 3.05) is 13.1 Å². The first-order chi connectivity index (χ1) is 7.74. The zero-order valence-corrected chi connectivity index (χ0v) is 11.0. The number of hydrogen-bond donors (Lipinski definition) is 2. The average molecular weight is 224 g/mol. The molecule has 0 aromatic carbocycles. The maximum atomic E-state index is 5.94. The molecule has 2 aliphatic carbocycles. The maximum absolute atomic E-state index is 5.94. The predicted molar refractivity (Wildman–Crippen MR) is 69.3 cm³/mol. The minimum absolute atomic E-state index is 0.210. The molecule has 0 amide bonds. The van der Waals surface area contributed by atoms with Gasteiger partial charge < -0.3 is 11.1 Å². The van der Waals surface area contributed by atoms with Crippen LogP contribution in [0.2, 0.25) is 0 Å². The van der Waals surface area contributed by atoms with Gasteiger partial charge in [-0.05, 0) is 62.8 Å². The molecule has 2 heteroatoms. The average Bonchev–Trinajstić information content (AvgIpc) is 3.18. The third kappa shape index (κ3) is 2.78. The highest BCUT2D eigenvalue weighted by atomic mass is 15.0. The van der Waals surface area contributed by atoms with Gasteiger partial charge in [-0.25, -0.2) is 0 Å². The van der Waals surface area contributed by atoms with Gasteiger partial charge in [0, 0.05) is 12.1 Å². The van der Waals surface area contributed by atoms with Crippen molar-refractivity contribution in [3.8, 4) is 0 Å². The predicted octanol–water partition coefficient (Wildman–Crippen LogP) is 2.53. The van der Waals surface area contributed by atoms with E-state index in [1.807, 2.05) is 0 Å². The molecule has 0 aromatic rings. The van der Waals surface area contributed by atoms with Gasteiger partial charge in [-0.15, -0.1) is 0 Å². The Morgan fingerprint density at radius 2 is 1.62 bits per heavy atom. The zero-order chi connectivity index (χ0) is 11.6. The lowest BCUT2D eigenvalue weighted by atomic mass is 9.90. The van der Waals surface area contributed by atoms with E-state index >= 15 is 0 Å². The van der Waals surface area contributed by atoms with Crippen LogP contribution in [-0.4, -0.2) is 18.6 Å². The third-order valence-electron chi connectivity index (χ3n) is 4.91. The van der Waals surface area contributed by atoms with Gasteiger partial charge in [0.05, 0.1) is 0 Å². The minimum atomic E-state index is 0.210. The Morgan fingerprint density at radius 3 is 1.94 bits per heavy atom. The van der Waals surface area contributed by atoms with Gasteiger partial charge in [-0.1, -0.05) is 13.8 Å². The molecule has 2 aliphatic rings. The quantitative estimate of drug-likeness (QED) is 0.665. The van der Waals surface area contributed by atoms with Gasteiger partial charge in [-0.2, -0.15) is 0 Å². The summed E-state index contributed by atoms with van der Waals surface area (Å²) in [5.41, 5.74) is 6.15. The molecule has 0 unspecified atom stereocenters. The third-order valence-corrected chi connectivity index (χ3v) is 4.91. The second-order valence-corrected chi connectivity index (χ2v) is 5.91. The number of nitrogens with one attached hydrogen (secondary N) is 1. The Balaban J connectivity index is 1.83. The van der Waals surface area contributed by atoms with E-state index < -0.39 is 0 Å². The van der Waals surface area contributed by atoms with E-state index in [0.29, 0.717) is 0 Å². The highest BCUT2D eigenvalue weighted by Crippen LogP contribution is 2.49. The van der Waals surface area contributed by atoms with Crippen LogP contribution in [0.3, 0.4) is 0 Å². The first kappa shape index (κ1) is 12.4. The topological polar surface area (TPSA) is 38.0 Å². The van der Waals surface area contributed by atoms with Gasteiger partial charge in [0.2, 0.25) is 0 Å². The highest BCUT2D eigenvalue weighted by molar-refractivity contribution is 4.95. The molecular formula is C14H28N2. The standard InChI is InChI=1S/C14H28N2/c1-3-14(4-2,10-15)16-9-13(11-5-6-11)12-7-8-12/h11-13,16H,3-10,15H2,1-2H3. The van der Waals surface area contributed by atoms with E-state index in [-0.39, 0.29) is 5.54 Å². The molecule has 0 heterocycles. The Hall–Kier alpha value is -0.0800. The second kappa shape index (κ2) is 5.05. The summed E-state index contributed by atoms with van der Waals surface area (Å²) in [6.07, 6.45) is 8.24. The lowest BCUT2D eigenvalue weighted by Gasteiger charge is -2.33. The molecule has 2 saturated carbocycles. The summed E-state index contributed by atoms with van der Waals surface area (Å²) in [6, 6.07) is 0. The molecule has 2 rings (SSSR count). The van der Waals surface area contributed by atoms with Crippen LogP contribution in [0.1, 0.15) is 52.4 Å². The van der Waals surface area contributed by atoms with Crippen molar-refractivity contribution in [2.24, 2.45) is 23.5 Å². The zero-order valence-electron chi connectivity index (χ0n) is 11.0. The Morgan fingerprint density at radius 1 is 1.12 bits per heavy atom. The van der Waals surface area contributed by atoms with Crippen molar-refractivity contribution in [1.29, 1.82) is 0 Å². The summed E-state index contributed by atoms with van der Waals surface area (Å²) in [4.78, 5) is 0. The van der Waals surface area contributed by atoms with Crippen LogP contribution in [0, 0.1) is 17.8 Å². The lowest BCUT2D eigenvalue weighted by molar-refractivity contribution is 0.264. The molecule has 2 fully saturated rings. The van der Waals surface area contributed by atoms with E-state index in [0.717, 1.165) is 37.1 Å².